The lowest BCUT2D eigenvalue weighted by molar-refractivity contribution is -0.143. The molecular weight excluding hydrogens is 418 g/mol. The highest BCUT2D eigenvalue weighted by molar-refractivity contribution is 6.32. The maximum absolute atomic E-state index is 11.6. The monoisotopic (exact) mass is 443 g/mol. The number of carbonyl (C=O) groups excluding carboxylic acids is 1. The molecular formula is C23H26ClN3O4. The molecule has 0 saturated carbocycles. The first-order chi connectivity index (χ1) is 14.9. The molecule has 0 atom stereocenters. The molecule has 0 fully saturated rings. The summed E-state index contributed by atoms with van der Waals surface area (Å²) in [6.45, 7) is 8.04. The SMILES string of the molecule is CCOC(=O)CCCc1cccc(-c2noc(-c3cnc(OC(C)C)c(Cl)c3)n2)c1C. The summed E-state index contributed by atoms with van der Waals surface area (Å²) in [5.41, 5.74) is 3.68. The van der Waals surface area contributed by atoms with Crippen LogP contribution in [0.25, 0.3) is 22.8 Å². The molecule has 0 amide bonds. The number of pyridine rings is 1. The fourth-order valence-electron chi connectivity index (χ4n) is 3.16. The molecule has 7 nitrogen and oxygen atoms in total. The average molecular weight is 444 g/mol. The standard InChI is InChI=1S/C23H26ClN3O4/c1-5-29-20(28)11-7-9-16-8-6-10-18(15(16)4)21-26-22(31-27-21)17-12-19(24)23(25-13-17)30-14(2)3/h6,8,10,12-14H,5,7,9,11H2,1-4H3. The Labute approximate surface area is 186 Å². The third kappa shape index (κ3) is 5.82. The van der Waals surface area contributed by atoms with Crippen molar-refractivity contribution < 1.29 is 18.8 Å². The predicted molar refractivity (Wildman–Crippen MR) is 118 cm³/mol. The number of rotatable bonds is 9. The number of aryl methyl sites for hydroxylation is 1. The molecule has 2 heterocycles. The van der Waals surface area contributed by atoms with Gasteiger partial charge in [-0.2, -0.15) is 4.98 Å². The van der Waals surface area contributed by atoms with E-state index in [-0.39, 0.29) is 12.1 Å². The zero-order valence-electron chi connectivity index (χ0n) is 18.1. The van der Waals surface area contributed by atoms with Gasteiger partial charge in [-0.25, -0.2) is 4.98 Å². The first kappa shape index (κ1) is 22.7. The van der Waals surface area contributed by atoms with E-state index in [4.69, 9.17) is 25.6 Å². The summed E-state index contributed by atoms with van der Waals surface area (Å²) in [5, 5.41) is 4.52. The molecule has 0 bridgehead atoms. The fourth-order valence-corrected chi connectivity index (χ4v) is 3.37. The van der Waals surface area contributed by atoms with Crippen molar-refractivity contribution in [2.75, 3.05) is 6.61 Å². The van der Waals surface area contributed by atoms with E-state index in [2.05, 4.69) is 15.1 Å². The highest BCUT2D eigenvalue weighted by atomic mass is 35.5. The van der Waals surface area contributed by atoms with Gasteiger partial charge in [0.1, 0.15) is 5.02 Å². The van der Waals surface area contributed by atoms with Gasteiger partial charge >= 0.3 is 5.97 Å². The zero-order valence-corrected chi connectivity index (χ0v) is 18.9. The van der Waals surface area contributed by atoms with Gasteiger partial charge in [-0.3, -0.25) is 4.79 Å². The second kappa shape index (κ2) is 10.4. The second-order valence-electron chi connectivity index (χ2n) is 7.35. The number of aromatic nitrogens is 3. The fraction of sp³-hybridized carbons (Fsp3) is 0.391. The van der Waals surface area contributed by atoms with Gasteiger partial charge in [-0.1, -0.05) is 35.0 Å². The smallest absolute Gasteiger partial charge is 0.305 e. The Morgan fingerprint density at radius 3 is 2.81 bits per heavy atom. The number of halogens is 1. The minimum Gasteiger partial charge on any atom is -0.474 e. The Hall–Kier alpha value is -2.93. The van der Waals surface area contributed by atoms with Gasteiger partial charge in [-0.15, -0.1) is 0 Å². The number of nitrogens with zero attached hydrogens (tertiary/aromatic N) is 3. The van der Waals surface area contributed by atoms with Crippen LogP contribution in [0.15, 0.2) is 35.0 Å². The maximum Gasteiger partial charge on any atom is 0.305 e. The predicted octanol–water partition coefficient (Wildman–Crippen LogP) is 5.43. The average Bonchev–Trinajstić information content (AvgIpc) is 3.21. The summed E-state index contributed by atoms with van der Waals surface area (Å²) in [7, 11) is 0. The molecule has 0 N–H and O–H groups in total. The first-order valence-corrected chi connectivity index (χ1v) is 10.7. The van der Waals surface area contributed by atoms with Gasteiger partial charge in [0.05, 0.1) is 18.3 Å². The van der Waals surface area contributed by atoms with Crippen LogP contribution in [0.1, 0.15) is 44.7 Å². The van der Waals surface area contributed by atoms with Gasteiger partial charge in [0.15, 0.2) is 0 Å². The van der Waals surface area contributed by atoms with Gasteiger partial charge < -0.3 is 14.0 Å². The summed E-state index contributed by atoms with van der Waals surface area (Å²) in [4.78, 5) is 20.3. The minimum atomic E-state index is -0.170. The van der Waals surface area contributed by atoms with Crippen molar-refractivity contribution in [2.45, 2.75) is 53.1 Å². The van der Waals surface area contributed by atoms with E-state index >= 15 is 0 Å². The van der Waals surface area contributed by atoms with E-state index in [9.17, 15) is 4.79 Å². The molecule has 8 heteroatoms. The summed E-state index contributed by atoms with van der Waals surface area (Å²) in [6, 6.07) is 7.64. The first-order valence-electron chi connectivity index (χ1n) is 10.3. The zero-order chi connectivity index (χ0) is 22.4. The molecule has 0 unspecified atom stereocenters. The van der Waals surface area contributed by atoms with Crippen LogP contribution in [0.2, 0.25) is 5.02 Å². The van der Waals surface area contributed by atoms with Crippen LogP contribution >= 0.6 is 11.6 Å². The van der Waals surface area contributed by atoms with Crippen LogP contribution in [0.5, 0.6) is 5.88 Å². The van der Waals surface area contributed by atoms with Crippen LogP contribution in [-0.2, 0) is 16.0 Å². The van der Waals surface area contributed by atoms with E-state index in [1.165, 1.54) is 0 Å². The third-order valence-corrected chi connectivity index (χ3v) is 4.92. The van der Waals surface area contributed by atoms with Gasteiger partial charge in [0.25, 0.3) is 5.89 Å². The van der Waals surface area contributed by atoms with Gasteiger partial charge in [0, 0.05) is 18.2 Å². The molecule has 0 spiro atoms. The molecule has 0 aliphatic heterocycles. The summed E-state index contributed by atoms with van der Waals surface area (Å²) < 4.78 is 16.0. The highest BCUT2D eigenvalue weighted by Gasteiger charge is 2.16. The number of carbonyl (C=O) groups is 1. The van der Waals surface area contributed by atoms with Crippen molar-refractivity contribution in [3.63, 3.8) is 0 Å². The topological polar surface area (TPSA) is 87.3 Å². The maximum atomic E-state index is 11.6. The molecule has 31 heavy (non-hydrogen) atoms. The Morgan fingerprint density at radius 1 is 1.29 bits per heavy atom. The van der Waals surface area contributed by atoms with Crippen molar-refractivity contribution in [3.8, 4) is 28.7 Å². The molecule has 0 saturated heterocycles. The van der Waals surface area contributed by atoms with Crippen LogP contribution < -0.4 is 4.74 Å². The summed E-state index contributed by atoms with van der Waals surface area (Å²) in [6.07, 6.45) is 3.45. The molecule has 164 valence electrons. The van der Waals surface area contributed by atoms with Crippen LogP contribution in [-0.4, -0.2) is 33.8 Å². The molecule has 3 rings (SSSR count). The van der Waals surface area contributed by atoms with Gasteiger partial charge in [-0.05, 0) is 57.7 Å². The van der Waals surface area contributed by atoms with E-state index in [1.807, 2.05) is 45.9 Å². The van der Waals surface area contributed by atoms with Crippen molar-refractivity contribution in [1.82, 2.24) is 15.1 Å². The minimum absolute atomic E-state index is 0.0293. The third-order valence-electron chi connectivity index (χ3n) is 4.65. The lowest BCUT2D eigenvalue weighted by Crippen LogP contribution is -2.07. The summed E-state index contributed by atoms with van der Waals surface area (Å²) in [5.74, 6) is 1.01. The van der Waals surface area contributed by atoms with Crippen LogP contribution in [0, 0.1) is 6.92 Å². The van der Waals surface area contributed by atoms with Crippen LogP contribution in [0.4, 0.5) is 0 Å². The van der Waals surface area contributed by atoms with E-state index < -0.39 is 0 Å². The number of esters is 1. The van der Waals surface area contributed by atoms with E-state index in [0.29, 0.717) is 41.2 Å². The van der Waals surface area contributed by atoms with Crippen molar-refractivity contribution >= 4 is 17.6 Å². The van der Waals surface area contributed by atoms with Crippen molar-refractivity contribution in [1.29, 1.82) is 0 Å². The lowest BCUT2D eigenvalue weighted by Gasteiger charge is -2.10. The normalized spacial score (nSPS) is 11.0. The summed E-state index contributed by atoms with van der Waals surface area (Å²) >= 11 is 6.27. The Bertz CT molecular complexity index is 1050. The molecule has 0 radical (unpaired) electrons. The van der Waals surface area contributed by atoms with E-state index in [1.54, 1.807) is 12.3 Å². The second-order valence-corrected chi connectivity index (χ2v) is 7.76. The van der Waals surface area contributed by atoms with Crippen LogP contribution in [0.3, 0.4) is 0 Å². The Kier molecular flexibility index (Phi) is 7.63. The highest BCUT2D eigenvalue weighted by Crippen LogP contribution is 2.30. The van der Waals surface area contributed by atoms with Crippen molar-refractivity contribution in [2.24, 2.45) is 0 Å². The Morgan fingerprint density at radius 2 is 2.10 bits per heavy atom. The molecule has 0 aliphatic rings. The number of ether oxygens (including phenoxy) is 2. The number of benzene rings is 1. The van der Waals surface area contributed by atoms with Gasteiger partial charge in [0.2, 0.25) is 11.7 Å². The van der Waals surface area contributed by atoms with Crippen molar-refractivity contribution in [3.05, 3.63) is 46.6 Å². The molecule has 1 aromatic carbocycles. The van der Waals surface area contributed by atoms with E-state index in [0.717, 1.165) is 29.5 Å². The quantitative estimate of drug-likeness (QED) is 0.407. The number of hydrogen-bond acceptors (Lipinski definition) is 7. The number of hydrogen-bond donors (Lipinski definition) is 0. The molecule has 3 aromatic rings. The molecule has 2 aromatic heterocycles. The molecule has 0 aliphatic carbocycles. The Balaban J connectivity index is 1.76. The largest absolute Gasteiger partial charge is 0.474 e. The lowest BCUT2D eigenvalue weighted by atomic mass is 9.98.